The monoisotopic (exact) mass is 217 g/mol. The van der Waals surface area contributed by atoms with Crippen LogP contribution in [0.5, 0.6) is 0 Å². The lowest BCUT2D eigenvalue weighted by Gasteiger charge is -2.60. The number of alkyl halides is 2. The van der Waals surface area contributed by atoms with Crippen LogP contribution in [0.25, 0.3) is 0 Å². The Morgan fingerprint density at radius 2 is 1.93 bits per heavy atom. The van der Waals surface area contributed by atoms with Gasteiger partial charge in [-0.3, -0.25) is 4.79 Å². The first-order chi connectivity index (χ1) is 6.90. The molecule has 1 aliphatic carbocycles. The predicted octanol–water partition coefficient (Wildman–Crippen LogP) is 2.43. The van der Waals surface area contributed by atoms with Crippen LogP contribution in [0, 0.1) is 5.41 Å². The average molecular weight is 217 g/mol. The van der Waals surface area contributed by atoms with Crippen molar-refractivity contribution in [1.82, 2.24) is 4.90 Å². The summed E-state index contributed by atoms with van der Waals surface area (Å²) in [5.74, 6) is -0.372. The van der Waals surface area contributed by atoms with Crippen LogP contribution in [0.4, 0.5) is 8.78 Å². The highest BCUT2D eigenvalue weighted by molar-refractivity contribution is 5.84. The summed E-state index contributed by atoms with van der Waals surface area (Å²) in [5.41, 5.74) is -1.55. The molecule has 0 aromatic heterocycles. The van der Waals surface area contributed by atoms with Crippen molar-refractivity contribution in [2.75, 3.05) is 6.54 Å². The normalized spacial score (nSPS) is 23.9. The zero-order valence-corrected chi connectivity index (χ0v) is 9.22. The fourth-order valence-corrected chi connectivity index (χ4v) is 2.40. The molecule has 0 N–H and O–H groups in total. The molecular weight excluding hydrogens is 200 g/mol. The lowest BCUT2D eigenvalue weighted by atomic mass is 9.67. The second kappa shape index (κ2) is 3.16. The van der Waals surface area contributed by atoms with E-state index in [1.54, 1.807) is 4.90 Å². The molecule has 1 aliphatic heterocycles. The molecule has 1 saturated carbocycles. The van der Waals surface area contributed by atoms with E-state index in [1.807, 2.05) is 0 Å². The molecule has 4 heteroatoms. The largest absolute Gasteiger partial charge is 0.336 e. The fourth-order valence-electron chi connectivity index (χ4n) is 2.40. The summed E-state index contributed by atoms with van der Waals surface area (Å²) in [6.07, 6.45) is 1.54. The Labute approximate surface area is 88.6 Å². The maximum Gasteiger partial charge on any atom is 0.252 e. The van der Waals surface area contributed by atoms with Gasteiger partial charge >= 0.3 is 0 Å². The second-order valence-electron chi connectivity index (χ2n) is 5.31. The molecule has 86 valence electrons. The standard InChI is InChI=1S/C11H17F2NO/c1-10(2,8(12)13)9(15)14-7-6-11(14)4-3-5-11/h8H,3-7H2,1-2H3. The van der Waals surface area contributed by atoms with Gasteiger partial charge in [0.1, 0.15) is 5.41 Å². The summed E-state index contributed by atoms with van der Waals surface area (Å²) < 4.78 is 25.4. The fraction of sp³-hybridized carbons (Fsp3) is 0.909. The molecule has 0 unspecified atom stereocenters. The van der Waals surface area contributed by atoms with Crippen LogP contribution >= 0.6 is 0 Å². The molecule has 1 saturated heterocycles. The van der Waals surface area contributed by atoms with Gasteiger partial charge in [-0.2, -0.15) is 0 Å². The maximum atomic E-state index is 12.7. The Bertz CT molecular complexity index is 279. The van der Waals surface area contributed by atoms with E-state index in [4.69, 9.17) is 0 Å². The van der Waals surface area contributed by atoms with E-state index in [2.05, 4.69) is 0 Å². The zero-order chi connectivity index (χ0) is 11.3. The van der Waals surface area contributed by atoms with Gasteiger partial charge < -0.3 is 4.90 Å². The highest BCUT2D eigenvalue weighted by atomic mass is 19.3. The first kappa shape index (κ1) is 10.8. The quantitative estimate of drug-likeness (QED) is 0.695. The second-order valence-corrected chi connectivity index (χ2v) is 5.31. The maximum absolute atomic E-state index is 12.7. The average Bonchev–Trinajstić information content (AvgIpc) is 1.98. The molecular formula is C11H17F2NO. The van der Waals surface area contributed by atoms with Gasteiger partial charge in [0.2, 0.25) is 5.91 Å². The molecule has 15 heavy (non-hydrogen) atoms. The molecule has 0 bridgehead atoms. The van der Waals surface area contributed by atoms with E-state index in [0.29, 0.717) is 6.54 Å². The minimum absolute atomic E-state index is 0.0246. The minimum Gasteiger partial charge on any atom is -0.336 e. The van der Waals surface area contributed by atoms with Crippen molar-refractivity contribution in [2.45, 2.75) is 51.5 Å². The van der Waals surface area contributed by atoms with Gasteiger partial charge in [0.25, 0.3) is 6.43 Å². The predicted molar refractivity (Wildman–Crippen MR) is 52.7 cm³/mol. The van der Waals surface area contributed by atoms with E-state index < -0.39 is 11.8 Å². The van der Waals surface area contributed by atoms with Gasteiger partial charge in [0.05, 0.1) is 0 Å². The van der Waals surface area contributed by atoms with Crippen molar-refractivity contribution in [2.24, 2.45) is 5.41 Å². The van der Waals surface area contributed by atoms with Crippen LogP contribution in [0.1, 0.15) is 39.5 Å². The van der Waals surface area contributed by atoms with Gasteiger partial charge in [-0.25, -0.2) is 8.78 Å². The van der Waals surface area contributed by atoms with Crippen LogP contribution in [0.3, 0.4) is 0 Å². The lowest BCUT2D eigenvalue weighted by molar-refractivity contribution is -0.173. The van der Waals surface area contributed by atoms with Gasteiger partial charge in [-0.15, -0.1) is 0 Å². The molecule has 0 atom stereocenters. The van der Waals surface area contributed by atoms with E-state index in [1.165, 1.54) is 13.8 Å². The first-order valence-corrected chi connectivity index (χ1v) is 5.50. The summed E-state index contributed by atoms with van der Waals surface area (Å²) in [7, 11) is 0. The van der Waals surface area contributed by atoms with Crippen LogP contribution in [-0.4, -0.2) is 29.3 Å². The number of hydrogen-bond acceptors (Lipinski definition) is 1. The van der Waals surface area contributed by atoms with E-state index >= 15 is 0 Å². The summed E-state index contributed by atoms with van der Waals surface area (Å²) in [5, 5.41) is 0. The Balaban J connectivity index is 2.08. The van der Waals surface area contributed by atoms with Crippen molar-refractivity contribution in [1.29, 1.82) is 0 Å². The number of hydrogen-bond donors (Lipinski definition) is 0. The number of rotatable bonds is 2. The Morgan fingerprint density at radius 3 is 2.20 bits per heavy atom. The molecule has 2 nitrogen and oxygen atoms in total. The smallest absolute Gasteiger partial charge is 0.252 e. The van der Waals surface area contributed by atoms with Crippen LogP contribution < -0.4 is 0 Å². The van der Waals surface area contributed by atoms with Crippen LogP contribution in [-0.2, 0) is 4.79 Å². The van der Waals surface area contributed by atoms with Gasteiger partial charge in [-0.1, -0.05) is 0 Å². The molecule has 1 amide bonds. The minimum atomic E-state index is -2.58. The van der Waals surface area contributed by atoms with E-state index in [-0.39, 0.29) is 11.4 Å². The Hall–Kier alpha value is -0.670. The van der Waals surface area contributed by atoms with Crippen LogP contribution in [0.15, 0.2) is 0 Å². The third-order valence-corrected chi connectivity index (χ3v) is 4.00. The molecule has 2 aliphatic rings. The molecule has 1 spiro atoms. The third kappa shape index (κ3) is 1.37. The number of halogens is 2. The third-order valence-electron chi connectivity index (χ3n) is 4.00. The topological polar surface area (TPSA) is 20.3 Å². The van der Waals surface area contributed by atoms with Crippen molar-refractivity contribution >= 4 is 5.91 Å². The highest BCUT2D eigenvalue weighted by Crippen LogP contribution is 2.49. The number of likely N-dealkylation sites (tertiary alicyclic amines) is 1. The van der Waals surface area contributed by atoms with Crippen LogP contribution in [0.2, 0.25) is 0 Å². The molecule has 0 aromatic rings. The first-order valence-electron chi connectivity index (χ1n) is 5.50. The molecule has 2 fully saturated rings. The van der Waals surface area contributed by atoms with Crippen molar-refractivity contribution in [3.63, 3.8) is 0 Å². The lowest BCUT2D eigenvalue weighted by Crippen LogP contribution is -2.68. The number of carbonyl (C=O) groups is 1. The summed E-state index contributed by atoms with van der Waals surface area (Å²) in [6, 6.07) is 0. The number of amides is 1. The summed E-state index contributed by atoms with van der Waals surface area (Å²) in [6.45, 7) is 3.34. The van der Waals surface area contributed by atoms with E-state index in [9.17, 15) is 13.6 Å². The Morgan fingerprint density at radius 1 is 1.33 bits per heavy atom. The molecule has 1 heterocycles. The molecule has 0 aromatic carbocycles. The SMILES string of the molecule is CC(C)(C(=O)N1CCC12CCC2)C(F)F. The van der Waals surface area contributed by atoms with Gasteiger partial charge in [-0.05, 0) is 39.5 Å². The Kier molecular flexibility index (Phi) is 2.28. The summed E-state index contributed by atoms with van der Waals surface area (Å²) >= 11 is 0. The summed E-state index contributed by atoms with van der Waals surface area (Å²) in [4.78, 5) is 13.6. The van der Waals surface area contributed by atoms with E-state index in [0.717, 1.165) is 25.7 Å². The number of nitrogens with zero attached hydrogens (tertiary/aromatic N) is 1. The van der Waals surface area contributed by atoms with Crippen molar-refractivity contribution in [3.05, 3.63) is 0 Å². The zero-order valence-electron chi connectivity index (χ0n) is 9.22. The van der Waals surface area contributed by atoms with Gasteiger partial charge in [0.15, 0.2) is 0 Å². The molecule has 0 radical (unpaired) electrons. The molecule has 2 rings (SSSR count). The van der Waals surface area contributed by atoms with Gasteiger partial charge in [0, 0.05) is 12.1 Å². The van der Waals surface area contributed by atoms with Crippen molar-refractivity contribution in [3.8, 4) is 0 Å². The highest BCUT2D eigenvalue weighted by Gasteiger charge is 2.55. The van der Waals surface area contributed by atoms with Crippen molar-refractivity contribution < 1.29 is 13.6 Å². The number of carbonyl (C=O) groups excluding carboxylic acids is 1.